The van der Waals surface area contributed by atoms with E-state index < -0.39 is 0 Å². The molecular formula is C15H32O. The minimum absolute atomic E-state index is 0. The summed E-state index contributed by atoms with van der Waals surface area (Å²) in [6.45, 7) is 12.6. The van der Waals surface area contributed by atoms with Gasteiger partial charge in [-0.25, -0.2) is 0 Å². The lowest BCUT2D eigenvalue weighted by Gasteiger charge is -2.58. The van der Waals surface area contributed by atoms with Crippen LogP contribution in [0, 0.1) is 28.6 Å². The first kappa shape index (κ1) is 14.0. The Kier molecular flexibility index (Phi) is 3.79. The van der Waals surface area contributed by atoms with Gasteiger partial charge in [-0.3, -0.25) is 0 Å². The van der Waals surface area contributed by atoms with E-state index >= 15 is 0 Å². The first-order valence-corrected chi connectivity index (χ1v) is 6.88. The highest BCUT2D eigenvalue weighted by atomic mass is 16.0. The molecule has 0 saturated heterocycles. The van der Waals surface area contributed by atoms with Crippen molar-refractivity contribution in [1.29, 1.82) is 0 Å². The van der Waals surface area contributed by atoms with Crippen LogP contribution in [0.2, 0.25) is 0 Å². The molecule has 2 N–H and O–H groups in total. The molecule has 0 aromatic rings. The highest BCUT2D eigenvalue weighted by Gasteiger charge is 2.51. The first-order chi connectivity index (χ1) is 6.88. The fraction of sp³-hybridized carbons (Fsp3) is 1.00. The Balaban J connectivity index is 0.00000128. The van der Waals surface area contributed by atoms with Gasteiger partial charge in [-0.05, 0) is 47.8 Å². The summed E-state index contributed by atoms with van der Waals surface area (Å²) in [5.74, 6) is 2.85. The zero-order valence-corrected chi connectivity index (χ0v) is 11.8. The minimum atomic E-state index is 0. The first-order valence-electron chi connectivity index (χ1n) is 6.88. The monoisotopic (exact) mass is 228 g/mol. The van der Waals surface area contributed by atoms with Crippen LogP contribution in [0.1, 0.15) is 68.1 Å². The predicted octanol–water partition coefficient (Wildman–Crippen LogP) is 4.31. The third kappa shape index (κ3) is 1.92. The van der Waals surface area contributed by atoms with Crippen LogP contribution in [-0.4, -0.2) is 5.48 Å². The zero-order chi connectivity index (χ0) is 11.3. The molecule has 0 heterocycles. The average Bonchev–Trinajstić information content (AvgIpc) is 2.12. The van der Waals surface area contributed by atoms with Gasteiger partial charge in [0.05, 0.1) is 0 Å². The standard InChI is InChI=1S/C15H28.H2O.H2/c1-11-7-8-13-14(3,4)9-6-10-15(13,5)12(11)2;;/h11-13H,6-10H2,1-5H3;1H2;1H. The Morgan fingerprint density at radius 1 is 1.00 bits per heavy atom. The molecule has 0 radical (unpaired) electrons. The molecule has 0 aromatic heterocycles. The van der Waals surface area contributed by atoms with E-state index in [2.05, 4.69) is 34.6 Å². The summed E-state index contributed by atoms with van der Waals surface area (Å²) in [5, 5.41) is 0. The van der Waals surface area contributed by atoms with E-state index in [0.717, 1.165) is 17.8 Å². The van der Waals surface area contributed by atoms with Gasteiger partial charge in [-0.1, -0.05) is 47.5 Å². The fourth-order valence-electron chi connectivity index (χ4n) is 4.76. The molecule has 0 aromatic carbocycles. The summed E-state index contributed by atoms with van der Waals surface area (Å²) in [7, 11) is 0. The topological polar surface area (TPSA) is 31.5 Å². The van der Waals surface area contributed by atoms with Crippen molar-refractivity contribution in [1.82, 2.24) is 0 Å². The van der Waals surface area contributed by atoms with Gasteiger partial charge in [-0.15, -0.1) is 0 Å². The van der Waals surface area contributed by atoms with E-state index in [1.54, 1.807) is 0 Å². The second kappa shape index (κ2) is 4.33. The van der Waals surface area contributed by atoms with Gasteiger partial charge in [0.15, 0.2) is 0 Å². The van der Waals surface area contributed by atoms with Crippen molar-refractivity contribution in [3.63, 3.8) is 0 Å². The lowest BCUT2D eigenvalue weighted by molar-refractivity contribution is -0.0868. The Morgan fingerprint density at radius 3 is 2.25 bits per heavy atom. The van der Waals surface area contributed by atoms with Crippen LogP contribution >= 0.6 is 0 Å². The molecule has 0 amide bonds. The molecule has 0 aliphatic heterocycles. The molecule has 4 atom stereocenters. The predicted molar refractivity (Wildman–Crippen MR) is 72.5 cm³/mol. The van der Waals surface area contributed by atoms with Gasteiger partial charge in [-0.2, -0.15) is 0 Å². The average molecular weight is 228 g/mol. The summed E-state index contributed by atoms with van der Waals surface area (Å²) in [6, 6.07) is 0. The van der Waals surface area contributed by atoms with Crippen molar-refractivity contribution in [3.8, 4) is 0 Å². The maximum atomic E-state index is 2.58. The third-order valence-electron chi connectivity index (χ3n) is 6.08. The Morgan fingerprint density at radius 2 is 1.62 bits per heavy atom. The largest absolute Gasteiger partial charge is 0.412 e. The highest BCUT2D eigenvalue weighted by molar-refractivity contribution is 5.01. The second-order valence-electron chi connectivity index (χ2n) is 7.24. The summed E-state index contributed by atoms with van der Waals surface area (Å²) >= 11 is 0. The number of rotatable bonds is 0. The molecule has 4 unspecified atom stereocenters. The molecule has 2 fully saturated rings. The molecule has 98 valence electrons. The van der Waals surface area contributed by atoms with Crippen LogP contribution in [0.3, 0.4) is 0 Å². The second-order valence-corrected chi connectivity index (χ2v) is 7.24. The maximum Gasteiger partial charge on any atom is 0 e. The van der Waals surface area contributed by atoms with Gasteiger partial charge in [0.25, 0.3) is 0 Å². The molecule has 1 nitrogen and oxygen atoms in total. The Labute approximate surface area is 103 Å². The summed E-state index contributed by atoms with van der Waals surface area (Å²) in [5.41, 5.74) is 1.24. The quantitative estimate of drug-likeness (QED) is 0.592. The smallest absolute Gasteiger partial charge is 0 e. The molecule has 2 rings (SSSR count). The van der Waals surface area contributed by atoms with E-state index in [1.807, 2.05) is 0 Å². The van der Waals surface area contributed by atoms with Crippen LogP contribution in [0.15, 0.2) is 0 Å². The zero-order valence-electron chi connectivity index (χ0n) is 11.8. The number of fused-ring (bicyclic) bond motifs is 1. The number of hydrogen-bond acceptors (Lipinski definition) is 0. The van der Waals surface area contributed by atoms with Gasteiger partial charge in [0, 0.05) is 1.43 Å². The van der Waals surface area contributed by atoms with Crippen LogP contribution in [0.4, 0.5) is 0 Å². The molecule has 0 spiro atoms. The molecular weight excluding hydrogens is 196 g/mol. The SMILES string of the molecule is CC1CCC2C(C)(C)CCCC2(C)C1C.O.[HH]. The van der Waals surface area contributed by atoms with Gasteiger partial charge in [0.2, 0.25) is 0 Å². The lowest BCUT2D eigenvalue weighted by Crippen LogP contribution is -2.50. The van der Waals surface area contributed by atoms with Gasteiger partial charge >= 0.3 is 0 Å². The van der Waals surface area contributed by atoms with Crippen molar-refractivity contribution in [2.75, 3.05) is 0 Å². The van der Waals surface area contributed by atoms with E-state index in [4.69, 9.17) is 0 Å². The fourth-order valence-corrected chi connectivity index (χ4v) is 4.76. The Bertz CT molecular complexity index is 251. The Hall–Kier alpha value is -0.0400. The van der Waals surface area contributed by atoms with Crippen LogP contribution < -0.4 is 0 Å². The highest BCUT2D eigenvalue weighted by Crippen LogP contribution is 2.60. The summed E-state index contributed by atoms with van der Waals surface area (Å²) in [6.07, 6.45) is 7.33. The van der Waals surface area contributed by atoms with Crippen LogP contribution in [0.5, 0.6) is 0 Å². The molecule has 16 heavy (non-hydrogen) atoms. The minimum Gasteiger partial charge on any atom is -0.412 e. The van der Waals surface area contributed by atoms with Crippen molar-refractivity contribution in [3.05, 3.63) is 0 Å². The molecule has 0 bridgehead atoms. The molecule has 2 saturated carbocycles. The molecule has 2 aliphatic rings. The molecule has 2 aliphatic carbocycles. The summed E-state index contributed by atoms with van der Waals surface area (Å²) < 4.78 is 0. The number of hydrogen-bond donors (Lipinski definition) is 0. The molecule has 1 heteroatoms. The summed E-state index contributed by atoms with van der Waals surface area (Å²) in [4.78, 5) is 0. The van der Waals surface area contributed by atoms with Crippen molar-refractivity contribution in [2.24, 2.45) is 28.6 Å². The van der Waals surface area contributed by atoms with E-state index in [9.17, 15) is 0 Å². The maximum absolute atomic E-state index is 2.58. The van der Waals surface area contributed by atoms with E-state index in [-0.39, 0.29) is 6.90 Å². The van der Waals surface area contributed by atoms with Crippen molar-refractivity contribution >= 4 is 0 Å². The van der Waals surface area contributed by atoms with Crippen LogP contribution in [-0.2, 0) is 0 Å². The van der Waals surface area contributed by atoms with Crippen molar-refractivity contribution < 1.29 is 6.90 Å². The van der Waals surface area contributed by atoms with Gasteiger partial charge < -0.3 is 5.48 Å². The van der Waals surface area contributed by atoms with Gasteiger partial charge in [0.1, 0.15) is 0 Å². The van der Waals surface area contributed by atoms with Crippen molar-refractivity contribution in [2.45, 2.75) is 66.7 Å². The normalized spacial score (nSPS) is 46.7. The van der Waals surface area contributed by atoms with Crippen LogP contribution in [0.25, 0.3) is 0 Å². The third-order valence-corrected chi connectivity index (χ3v) is 6.08. The lowest BCUT2D eigenvalue weighted by atomic mass is 9.47. The van der Waals surface area contributed by atoms with E-state index in [1.165, 1.54) is 32.1 Å². The van der Waals surface area contributed by atoms with E-state index in [0.29, 0.717) is 10.8 Å².